The highest BCUT2D eigenvalue weighted by atomic mass is 16.1. The zero-order chi connectivity index (χ0) is 13.4. The SMILES string of the molecule is CCCC(CN)C(=O)NCC(C)N1CCCCC1. The largest absolute Gasteiger partial charge is 0.354 e. The van der Waals surface area contributed by atoms with Crippen molar-refractivity contribution >= 4 is 5.91 Å². The molecule has 1 aliphatic rings. The van der Waals surface area contributed by atoms with Crippen LogP contribution in [0.5, 0.6) is 0 Å². The zero-order valence-corrected chi connectivity index (χ0v) is 12.0. The number of hydrogen-bond acceptors (Lipinski definition) is 3. The summed E-state index contributed by atoms with van der Waals surface area (Å²) < 4.78 is 0. The van der Waals surface area contributed by atoms with E-state index in [-0.39, 0.29) is 11.8 Å². The van der Waals surface area contributed by atoms with Gasteiger partial charge < -0.3 is 11.1 Å². The number of carbonyl (C=O) groups is 1. The summed E-state index contributed by atoms with van der Waals surface area (Å²) in [5.74, 6) is 0.117. The van der Waals surface area contributed by atoms with Crippen LogP contribution in [0.1, 0.15) is 46.0 Å². The molecular formula is C14H29N3O. The van der Waals surface area contributed by atoms with Crippen LogP contribution in [0.15, 0.2) is 0 Å². The van der Waals surface area contributed by atoms with Crippen molar-refractivity contribution in [2.24, 2.45) is 11.7 Å². The second-order valence-corrected chi connectivity index (χ2v) is 5.41. The molecule has 0 saturated carbocycles. The summed E-state index contributed by atoms with van der Waals surface area (Å²) >= 11 is 0. The Morgan fingerprint density at radius 3 is 2.56 bits per heavy atom. The van der Waals surface area contributed by atoms with Crippen LogP contribution in [-0.4, -0.2) is 43.0 Å². The van der Waals surface area contributed by atoms with Crippen LogP contribution in [0, 0.1) is 5.92 Å². The van der Waals surface area contributed by atoms with Gasteiger partial charge in [0.05, 0.1) is 5.92 Å². The molecule has 0 aliphatic carbocycles. The lowest BCUT2D eigenvalue weighted by atomic mass is 10.0. The number of hydrogen-bond donors (Lipinski definition) is 2. The highest BCUT2D eigenvalue weighted by molar-refractivity contribution is 5.78. The molecule has 106 valence electrons. The van der Waals surface area contributed by atoms with E-state index in [1.165, 1.54) is 32.4 Å². The van der Waals surface area contributed by atoms with Gasteiger partial charge in [0.25, 0.3) is 0 Å². The van der Waals surface area contributed by atoms with Gasteiger partial charge in [-0.1, -0.05) is 19.8 Å². The lowest BCUT2D eigenvalue weighted by Crippen LogP contribution is -2.46. The van der Waals surface area contributed by atoms with E-state index in [2.05, 4.69) is 24.1 Å². The highest BCUT2D eigenvalue weighted by Gasteiger charge is 2.19. The lowest BCUT2D eigenvalue weighted by Gasteiger charge is -2.32. The molecule has 1 rings (SSSR count). The van der Waals surface area contributed by atoms with Gasteiger partial charge in [-0.25, -0.2) is 0 Å². The van der Waals surface area contributed by atoms with Crippen molar-refractivity contribution in [2.75, 3.05) is 26.2 Å². The smallest absolute Gasteiger partial charge is 0.224 e. The molecule has 0 radical (unpaired) electrons. The van der Waals surface area contributed by atoms with Gasteiger partial charge in [-0.3, -0.25) is 9.69 Å². The van der Waals surface area contributed by atoms with Gasteiger partial charge >= 0.3 is 0 Å². The predicted octanol–water partition coefficient (Wildman–Crippen LogP) is 1.35. The van der Waals surface area contributed by atoms with E-state index in [1.54, 1.807) is 0 Å². The molecule has 0 aromatic carbocycles. The van der Waals surface area contributed by atoms with Gasteiger partial charge in [0.15, 0.2) is 0 Å². The van der Waals surface area contributed by atoms with Gasteiger partial charge in [-0.05, 0) is 39.3 Å². The summed E-state index contributed by atoms with van der Waals surface area (Å²) in [4.78, 5) is 14.4. The monoisotopic (exact) mass is 255 g/mol. The molecule has 18 heavy (non-hydrogen) atoms. The first-order chi connectivity index (χ1) is 8.69. The van der Waals surface area contributed by atoms with E-state index in [1.807, 2.05) is 0 Å². The van der Waals surface area contributed by atoms with Crippen molar-refractivity contribution in [3.8, 4) is 0 Å². The molecule has 4 heteroatoms. The first-order valence-electron chi connectivity index (χ1n) is 7.40. The first kappa shape index (κ1) is 15.4. The molecule has 1 saturated heterocycles. The molecule has 1 amide bonds. The molecule has 0 bridgehead atoms. The molecule has 1 aliphatic heterocycles. The second-order valence-electron chi connectivity index (χ2n) is 5.41. The molecule has 3 N–H and O–H groups in total. The van der Waals surface area contributed by atoms with Crippen molar-refractivity contribution in [1.29, 1.82) is 0 Å². The van der Waals surface area contributed by atoms with Crippen LogP contribution in [0.4, 0.5) is 0 Å². The predicted molar refractivity (Wildman–Crippen MR) is 75.3 cm³/mol. The molecule has 0 aromatic rings. The van der Waals surface area contributed by atoms with Crippen LogP contribution in [0.25, 0.3) is 0 Å². The van der Waals surface area contributed by atoms with Crippen molar-refractivity contribution in [3.05, 3.63) is 0 Å². The molecule has 2 atom stereocenters. The maximum atomic E-state index is 11.9. The molecule has 0 aromatic heterocycles. The van der Waals surface area contributed by atoms with Gasteiger partial charge in [0.1, 0.15) is 0 Å². The third kappa shape index (κ3) is 4.94. The maximum absolute atomic E-state index is 11.9. The first-order valence-corrected chi connectivity index (χ1v) is 7.40. The summed E-state index contributed by atoms with van der Waals surface area (Å²) in [6, 6.07) is 0.439. The van der Waals surface area contributed by atoms with Crippen molar-refractivity contribution in [1.82, 2.24) is 10.2 Å². The van der Waals surface area contributed by atoms with Crippen LogP contribution in [0.3, 0.4) is 0 Å². The number of carbonyl (C=O) groups excluding carboxylic acids is 1. The summed E-state index contributed by atoms with van der Waals surface area (Å²) in [6.07, 6.45) is 5.83. The van der Waals surface area contributed by atoms with E-state index in [0.717, 1.165) is 19.4 Å². The van der Waals surface area contributed by atoms with Gasteiger partial charge in [0.2, 0.25) is 5.91 Å². The fraction of sp³-hybridized carbons (Fsp3) is 0.929. The van der Waals surface area contributed by atoms with Gasteiger partial charge in [0, 0.05) is 19.1 Å². The molecular weight excluding hydrogens is 226 g/mol. The van der Waals surface area contributed by atoms with Crippen LogP contribution < -0.4 is 11.1 Å². The number of rotatable bonds is 7. The summed E-state index contributed by atoms with van der Waals surface area (Å²) in [7, 11) is 0. The number of piperidine rings is 1. The normalized spacial score (nSPS) is 20.4. The Kier molecular flexibility index (Phi) is 7.28. The van der Waals surface area contributed by atoms with E-state index in [9.17, 15) is 4.79 Å². The van der Waals surface area contributed by atoms with Gasteiger partial charge in [-0.15, -0.1) is 0 Å². The topological polar surface area (TPSA) is 58.4 Å². The highest BCUT2D eigenvalue weighted by Crippen LogP contribution is 2.11. The second kappa shape index (κ2) is 8.48. The van der Waals surface area contributed by atoms with Crippen molar-refractivity contribution in [3.63, 3.8) is 0 Å². The Hall–Kier alpha value is -0.610. The summed E-state index contributed by atoms with van der Waals surface area (Å²) in [5.41, 5.74) is 5.64. The number of likely N-dealkylation sites (tertiary alicyclic amines) is 1. The lowest BCUT2D eigenvalue weighted by molar-refractivity contribution is -0.125. The van der Waals surface area contributed by atoms with Crippen LogP contribution in [0.2, 0.25) is 0 Å². The number of nitrogens with zero attached hydrogens (tertiary/aromatic N) is 1. The molecule has 4 nitrogen and oxygen atoms in total. The minimum atomic E-state index is -0.0106. The van der Waals surface area contributed by atoms with E-state index < -0.39 is 0 Å². The number of nitrogens with one attached hydrogen (secondary N) is 1. The third-order valence-corrected chi connectivity index (χ3v) is 3.88. The zero-order valence-electron chi connectivity index (χ0n) is 12.0. The molecule has 1 fully saturated rings. The van der Waals surface area contributed by atoms with Crippen LogP contribution >= 0.6 is 0 Å². The quantitative estimate of drug-likeness (QED) is 0.722. The van der Waals surface area contributed by atoms with E-state index >= 15 is 0 Å². The van der Waals surface area contributed by atoms with E-state index in [0.29, 0.717) is 12.6 Å². The third-order valence-electron chi connectivity index (χ3n) is 3.88. The van der Waals surface area contributed by atoms with Gasteiger partial charge in [-0.2, -0.15) is 0 Å². The fourth-order valence-corrected chi connectivity index (χ4v) is 2.59. The minimum absolute atomic E-state index is 0.0106. The molecule has 0 spiro atoms. The fourth-order valence-electron chi connectivity index (χ4n) is 2.59. The average molecular weight is 255 g/mol. The number of amides is 1. The van der Waals surface area contributed by atoms with Crippen LogP contribution in [-0.2, 0) is 4.79 Å². The van der Waals surface area contributed by atoms with E-state index in [4.69, 9.17) is 5.73 Å². The Morgan fingerprint density at radius 2 is 2.00 bits per heavy atom. The maximum Gasteiger partial charge on any atom is 0.224 e. The summed E-state index contributed by atoms with van der Waals surface area (Å²) in [6.45, 7) is 7.84. The molecule has 2 unspecified atom stereocenters. The van der Waals surface area contributed by atoms with Crippen molar-refractivity contribution < 1.29 is 4.79 Å². The Morgan fingerprint density at radius 1 is 1.33 bits per heavy atom. The standard InChI is InChI=1S/C14H29N3O/c1-3-7-13(10-15)14(18)16-11-12(2)17-8-5-4-6-9-17/h12-13H,3-11,15H2,1-2H3,(H,16,18). The Balaban J connectivity index is 2.27. The summed E-state index contributed by atoms with van der Waals surface area (Å²) in [5, 5.41) is 3.05. The average Bonchev–Trinajstić information content (AvgIpc) is 2.42. The minimum Gasteiger partial charge on any atom is -0.354 e. The Labute approximate surface area is 111 Å². The Bertz CT molecular complexity index is 239. The molecule has 1 heterocycles. The van der Waals surface area contributed by atoms with Crippen molar-refractivity contribution in [2.45, 2.75) is 52.0 Å². The number of nitrogens with two attached hydrogens (primary N) is 1.